The van der Waals surface area contributed by atoms with Crippen LogP contribution in [0.25, 0.3) is 0 Å². The Morgan fingerprint density at radius 1 is 1.38 bits per heavy atom. The van der Waals surface area contributed by atoms with E-state index in [2.05, 4.69) is 4.90 Å². The molecule has 116 valence electrons. The molecule has 2 rings (SSSR count). The Morgan fingerprint density at radius 2 is 2.14 bits per heavy atom. The van der Waals surface area contributed by atoms with E-state index in [1.165, 1.54) is 7.11 Å². The van der Waals surface area contributed by atoms with Gasteiger partial charge in [-0.2, -0.15) is 0 Å². The first kappa shape index (κ1) is 15.8. The lowest BCUT2D eigenvalue weighted by Gasteiger charge is -2.26. The number of nitrogens with zero attached hydrogens (tertiary/aromatic N) is 1. The number of rotatable bonds is 6. The molecular formula is C15H22N2O4. The van der Waals surface area contributed by atoms with E-state index in [-0.39, 0.29) is 5.97 Å². The van der Waals surface area contributed by atoms with Crippen molar-refractivity contribution in [3.8, 4) is 5.75 Å². The molecule has 1 aromatic carbocycles. The van der Waals surface area contributed by atoms with E-state index in [0.29, 0.717) is 18.7 Å². The van der Waals surface area contributed by atoms with Gasteiger partial charge in [0.1, 0.15) is 12.4 Å². The number of hydrogen-bond donors (Lipinski definition) is 1. The largest absolute Gasteiger partial charge is 0.492 e. The van der Waals surface area contributed by atoms with Crippen molar-refractivity contribution >= 4 is 5.97 Å². The van der Waals surface area contributed by atoms with Crippen LogP contribution < -0.4 is 10.5 Å². The predicted octanol–water partition coefficient (Wildman–Crippen LogP) is 0.643. The minimum Gasteiger partial charge on any atom is -0.492 e. The summed E-state index contributed by atoms with van der Waals surface area (Å²) >= 11 is 0. The van der Waals surface area contributed by atoms with Crippen LogP contribution in [0.5, 0.6) is 5.75 Å². The second kappa shape index (κ2) is 7.97. The molecular weight excluding hydrogens is 272 g/mol. The number of ether oxygens (including phenoxy) is 3. The molecule has 1 saturated heterocycles. The first-order chi connectivity index (χ1) is 10.2. The Morgan fingerprint density at radius 3 is 2.81 bits per heavy atom. The highest BCUT2D eigenvalue weighted by Crippen LogP contribution is 2.20. The maximum Gasteiger partial charge on any atom is 0.337 e. The van der Waals surface area contributed by atoms with Crippen molar-refractivity contribution in [2.45, 2.75) is 6.54 Å². The molecule has 0 bridgehead atoms. The summed E-state index contributed by atoms with van der Waals surface area (Å²) in [7, 11) is 1.36. The summed E-state index contributed by atoms with van der Waals surface area (Å²) in [5.74, 6) is 0.350. The molecule has 1 aliphatic rings. The minimum atomic E-state index is -0.371. The van der Waals surface area contributed by atoms with Crippen LogP contribution in [0, 0.1) is 0 Å². The third kappa shape index (κ3) is 4.42. The molecule has 21 heavy (non-hydrogen) atoms. The van der Waals surface area contributed by atoms with E-state index in [4.69, 9.17) is 19.9 Å². The van der Waals surface area contributed by atoms with Crippen LogP contribution >= 0.6 is 0 Å². The number of carbonyl (C=O) groups excluding carboxylic acids is 1. The molecule has 1 aliphatic heterocycles. The maximum absolute atomic E-state index is 11.5. The average molecular weight is 294 g/mol. The third-order valence-electron chi connectivity index (χ3n) is 3.47. The summed E-state index contributed by atoms with van der Waals surface area (Å²) in [6.45, 7) is 5.20. The lowest BCUT2D eigenvalue weighted by Crippen LogP contribution is -2.38. The molecule has 1 fully saturated rings. The van der Waals surface area contributed by atoms with Gasteiger partial charge in [0.25, 0.3) is 0 Å². The highest BCUT2D eigenvalue weighted by Gasteiger charge is 2.12. The number of esters is 1. The summed E-state index contributed by atoms with van der Waals surface area (Å²) in [4.78, 5) is 13.8. The van der Waals surface area contributed by atoms with Crippen molar-refractivity contribution in [1.29, 1.82) is 0 Å². The van der Waals surface area contributed by atoms with Gasteiger partial charge in [0.05, 0.1) is 25.9 Å². The minimum absolute atomic E-state index is 0.317. The molecule has 0 spiro atoms. The van der Waals surface area contributed by atoms with E-state index < -0.39 is 0 Å². The van der Waals surface area contributed by atoms with Crippen molar-refractivity contribution in [1.82, 2.24) is 4.90 Å². The van der Waals surface area contributed by atoms with Crippen molar-refractivity contribution in [2.24, 2.45) is 5.73 Å². The fraction of sp³-hybridized carbons (Fsp3) is 0.533. The van der Waals surface area contributed by atoms with Gasteiger partial charge in [-0.25, -0.2) is 4.79 Å². The van der Waals surface area contributed by atoms with Crippen molar-refractivity contribution < 1.29 is 19.0 Å². The summed E-state index contributed by atoms with van der Waals surface area (Å²) in [6, 6.07) is 5.18. The van der Waals surface area contributed by atoms with E-state index >= 15 is 0 Å². The van der Waals surface area contributed by atoms with E-state index in [1.807, 2.05) is 0 Å². The lowest BCUT2D eigenvalue weighted by molar-refractivity contribution is 0.0322. The highest BCUT2D eigenvalue weighted by molar-refractivity contribution is 5.89. The Hall–Kier alpha value is -1.63. The SMILES string of the molecule is COC(=O)c1ccc(OCCN2CCOCC2)c(CN)c1. The molecule has 2 N–H and O–H groups in total. The Bertz CT molecular complexity index is 473. The number of morpholine rings is 1. The maximum atomic E-state index is 11.5. The molecule has 1 heterocycles. The Balaban J connectivity index is 1.91. The molecule has 0 saturated carbocycles. The monoisotopic (exact) mass is 294 g/mol. The second-order valence-electron chi connectivity index (χ2n) is 4.82. The summed E-state index contributed by atoms with van der Waals surface area (Å²) < 4.78 is 15.8. The molecule has 0 aromatic heterocycles. The third-order valence-corrected chi connectivity index (χ3v) is 3.47. The topological polar surface area (TPSA) is 74.0 Å². The van der Waals surface area contributed by atoms with Gasteiger partial charge in [-0.15, -0.1) is 0 Å². The van der Waals surface area contributed by atoms with Crippen LogP contribution in [0.15, 0.2) is 18.2 Å². The number of benzene rings is 1. The van der Waals surface area contributed by atoms with Crippen LogP contribution in [0.2, 0.25) is 0 Å². The van der Waals surface area contributed by atoms with E-state index in [0.717, 1.165) is 44.2 Å². The van der Waals surface area contributed by atoms with Gasteiger partial charge >= 0.3 is 5.97 Å². The van der Waals surface area contributed by atoms with Gasteiger partial charge in [-0.3, -0.25) is 4.90 Å². The number of nitrogens with two attached hydrogens (primary N) is 1. The van der Waals surface area contributed by atoms with Crippen LogP contribution in [0.1, 0.15) is 15.9 Å². The number of carbonyl (C=O) groups is 1. The van der Waals surface area contributed by atoms with Gasteiger partial charge in [0.15, 0.2) is 0 Å². The number of methoxy groups -OCH3 is 1. The first-order valence-electron chi connectivity index (χ1n) is 7.09. The molecule has 1 aromatic rings. The molecule has 0 atom stereocenters. The zero-order valence-electron chi connectivity index (χ0n) is 12.3. The zero-order chi connectivity index (χ0) is 15.1. The molecule has 0 radical (unpaired) electrons. The van der Waals surface area contributed by atoms with Crippen LogP contribution in [-0.2, 0) is 16.0 Å². The van der Waals surface area contributed by atoms with Gasteiger partial charge in [0.2, 0.25) is 0 Å². The Labute approximate surface area is 124 Å². The first-order valence-corrected chi connectivity index (χ1v) is 7.09. The summed E-state index contributed by atoms with van der Waals surface area (Å²) in [5, 5.41) is 0. The smallest absolute Gasteiger partial charge is 0.337 e. The Kier molecular flexibility index (Phi) is 5.98. The van der Waals surface area contributed by atoms with Gasteiger partial charge in [-0.05, 0) is 18.2 Å². The normalized spacial score (nSPS) is 15.7. The predicted molar refractivity (Wildman–Crippen MR) is 78.4 cm³/mol. The molecule has 0 aliphatic carbocycles. The molecule has 6 nitrogen and oxygen atoms in total. The van der Waals surface area contributed by atoms with Crippen molar-refractivity contribution in [3.63, 3.8) is 0 Å². The van der Waals surface area contributed by atoms with E-state index in [1.54, 1.807) is 18.2 Å². The van der Waals surface area contributed by atoms with Crippen molar-refractivity contribution in [3.05, 3.63) is 29.3 Å². The lowest BCUT2D eigenvalue weighted by atomic mass is 10.1. The van der Waals surface area contributed by atoms with Gasteiger partial charge in [-0.1, -0.05) is 0 Å². The zero-order valence-corrected chi connectivity index (χ0v) is 12.3. The molecule has 0 amide bonds. The fourth-order valence-electron chi connectivity index (χ4n) is 2.23. The highest BCUT2D eigenvalue weighted by atomic mass is 16.5. The standard InChI is InChI=1S/C15H22N2O4/c1-19-15(18)12-2-3-14(13(10-12)11-16)21-9-6-17-4-7-20-8-5-17/h2-3,10H,4-9,11,16H2,1H3. The van der Waals surface area contributed by atoms with Crippen LogP contribution in [-0.4, -0.2) is 57.4 Å². The quantitative estimate of drug-likeness (QED) is 0.776. The summed E-state index contributed by atoms with van der Waals surface area (Å²) in [6.07, 6.45) is 0. The van der Waals surface area contributed by atoms with E-state index in [9.17, 15) is 4.79 Å². The average Bonchev–Trinajstić information content (AvgIpc) is 2.55. The fourth-order valence-corrected chi connectivity index (χ4v) is 2.23. The number of hydrogen-bond acceptors (Lipinski definition) is 6. The van der Waals surface area contributed by atoms with Gasteiger partial charge in [0, 0.05) is 31.7 Å². The second-order valence-corrected chi connectivity index (χ2v) is 4.82. The van der Waals surface area contributed by atoms with Crippen LogP contribution in [0.4, 0.5) is 0 Å². The molecule has 6 heteroatoms. The molecule has 0 unspecified atom stereocenters. The van der Waals surface area contributed by atoms with Crippen molar-refractivity contribution in [2.75, 3.05) is 46.6 Å². The van der Waals surface area contributed by atoms with Crippen LogP contribution in [0.3, 0.4) is 0 Å². The van der Waals surface area contributed by atoms with Gasteiger partial charge < -0.3 is 19.9 Å². The summed E-state index contributed by atoms with van der Waals surface area (Å²) in [5.41, 5.74) is 7.01.